The first-order valence-corrected chi connectivity index (χ1v) is 9.15. The van der Waals surface area contributed by atoms with E-state index in [0.717, 1.165) is 14.6 Å². The summed E-state index contributed by atoms with van der Waals surface area (Å²) < 4.78 is 1.70. The molecule has 0 atom stereocenters. The van der Waals surface area contributed by atoms with E-state index in [4.69, 9.17) is 16.7 Å². The van der Waals surface area contributed by atoms with Gasteiger partial charge in [-0.15, -0.1) is 11.3 Å². The van der Waals surface area contributed by atoms with E-state index in [1.807, 2.05) is 12.1 Å². The minimum Gasteiger partial charge on any atom is -0.507 e. The van der Waals surface area contributed by atoms with Crippen LogP contribution in [0.3, 0.4) is 0 Å². The third-order valence-corrected chi connectivity index (χ3v) is 5.57. The van der Waals surface area contributed by atoms with Gasteiger partial charge < -0.3 is 15.5 Å². The minimum absolute atomic E-state index is 0.134. The lowest BCUT2D eigenvalue weighted by Crippen LogP contribution is -2.14. The van der Waals surface area contributed by atoms with E-state index in [-0.39, 0.29) is 17.2 Å². The smallest absolute Gasteiger partial charge is 0.339 e. The van der Waals surface area contributed by atoms with Gasteiger partial charge in [0.2, 0.25) is 5.91 Å². The van der Waals surface area contributed by atoms with Crippen LogP contribution in [0, 0.1) is 0 Å². The van der Waals surface area contributed by atoms with Crippen molar-refractivity contribution in [3.8, 4) is 5.75 Å². The van der Waals surface area contributed by atoms with E-state index >= 15 is 0 Å². The van der Waals surface area contributed by atoms with Crippen molar-refractivity contribution in [2.45, 2.75) is 4.34 Å². The van der Waals surface area contributed by atoms with Crippen LogP contribution in [0.25, 0.3) is 10.2 Å². The predicted octanol–water partition coefficient (Wildman–Crippen LogP) is 4.08. The van der Waals surface area contributed by atoms with Crippen molar-refractivity contribution in [3.05, 3.63) is 47.0 Å². The molecule has 3 aromatic rings. The molecule has 0 fully saturated rings. The molecule has 0 spiro atoms. The van der Waals surface area contributed by atoms with E-state index in [2.05, 4.69) is 10.3 Å². The van der Waals surface area contributed by atoms with Crippen LogP contribution in [0.5, 0.6) is 5.75 Å². The highest BCUT2D eigenvalue weighted by atomic mass is 35.5. The van der Waals surface area contributed by atoms with Gasteiger partial charge in [-0.25, -0.2) is 9.78 Å². The van der Waals surface area contributed by atoms with Gasteiger partial charge in [-0.1, -0.05) is 23.4 Å². The first-order chi connectivity index (χ1) is 11.9. The summed E-state index contributed by atoms with van der Waals surface area (Å²) >= 11 is 8.68. The molecule has 0 unspecified atom stereocenters. The number of carboxylic acid groups (broad SMARTS) is 1. The number of fused-ring (bicyclic) bond motifs is 1. The number of amides is 1. The van der Waals surface area contributed by atoms with Crippen molar-refractivity contribution in [3.63, 3.8) is 0 Å². The number of thioether (sulfide) groups is 1. The summed E-state index contributed by atoms with van der Waals surface area (Å²) in [6.45, 7) is 0. The van der Waals surface area contributed by atoms with Crippen LogP contribution in [0.2, 0.25) is 5.02 Å². The molecule has 1 aromatic heterocycles. The summed E-state index contributed by atoms with van der Waals surface area (Å²) in [4.78, 5) is 27.3. The van der Waals surface area contributed by atoms with Crippen molar-refractivity contribution in [1.29, 1.82) is 0 Å². The fourth-order valence-electron chi connectivity index (χ4n) is 2.05. The monoisotopic (exact) mass is 394 g/mol. The van der Waals surface area contributed by atoms with Crippen molar-refractivity contribution >= 4 is 62.5 Å². The number of aromatic hydroxyl groups is 1. The molecule has 0 saturated heterocycles. The standard InChI is InChI=1S/C16H11ClN2O4S2/c17-8-1-4-11-13(5-8)25-16(19-11)24-7-14(21)18-9-2-3-10(15(22)23)12(20)6-9/h1-6,20H,7H2,(H,18,21)(H,22,23). The number of aromatic nitrogens is 1. The number of aromatic carboxylic acids is 1. The topological polar surface area (TPSA) is 99.5 Å². The van der Waals surface area contributed by atoms with Crippen LogP contribution in [0.1, 0.15) is 10.4 Å². The van der Waals surface area contributed by atoms with Crippen molar-refractivity contribution in [2.24, 2.45) is 0 Å². The van der Waals surface area contributed by atoms with E-state index < -0.39 is 11.7 Å². The zero-order valence-corrected chi connectivity index (χ0v) is 14.9. The van der Waals surface area contributed by atoms with E-state index in [1.54, 1.807) is 6.07 Å². The average Bonchev–Trinajstić information content (AvgIpc) is 2.94. The summed E-state index contributed by atoms with van der Waals surface area (Å²) in [6.07, 6.45) is 0. The van der Waals surface area contributed by atoms with Gasteiger partial charge in [-0.3, -0.25) is 4.79 Å². The maximum absolute atomic E-state index is 12.0. The number of phenols is 1. The number of hydrogen-bond acceptors (Lipinski definition) is 6. The Morgan fingerprint density at radius 2 is 2.04 bits per heavy atom. The molecule has 3 N–H and O–H groups in total. The summed E-state index contributed by atoms with van der Waals surface area (Å²) in [5.41, 5.74) is 0.927. The Bertz CT molecular complexity index is 974. The average molecular weight is 395 g/mol. The lowest BCUT2D eigenvalue weighted by molar-refractivity contribution is -0.113. The number of carboxylic acids is 1. The molecule has 0 aliphatic carbocycles. The second-order valence-electron chi connectivity index (χ2n) is 4.97. The second-order valence-corrected chi connectivity index (χ2v) is 7.66. The Hall–Kier alpha value is -2.29. The highest BCUT2D eigenvalue weighted by Gasteiger charge is 2.12. The molecule has 0 aliphatic heterocycles. The van der Waals surface area contributed by atoms with Crippen LogP contribution >= 0.6 is 34.7 Å². The molecule has 25 heavy (non-hydrogen) atoms. The van der Waals surface area contributed by atoms with Gasteiger partial charge in [0.05, 0.1) is 16.0 Å². The molecule has 128 valence electrons. The number of benzene rings is 2. The number of nitrogens with one attached hydrogen (secondary N) is 1. The quantitative estimate of drug-likeness (QED) is 0.564. The molecule has 9 heteroatoms. The number of thiazole rings is 1. The lowest BCUT2D eigenvalue weighted by Gasteiger charge is -2.06. The Kier molecular flexibility index (Phi) is 5.12. The SMILES string of the molecule is O=C(CSc1nc2ccc(Cl)cc2s1)Nc1ccc(C(=O)O)c(O)c1. The molecule has 1 heterocycles. The Balaban J connectivity index is 1.62. The molecule has 1 amide bonds. The molecule has 0 radical (unpaired) electrons. The number of carbonyl (C=O) groups is 2. The van der Waals surface area contributed by atoms with Gasteiger partial charge in [0, 0.05) is 16.8 Å². The first kappa shape index (κ1) is 17.5. The van der Waals surface area contributed by atoms with Gasteiger partial charge in [-0.05, 0) is 30.3 Å². The van der Waals surface area contributed by atoms with Gasteiger partial charge in [0.1, 0.15) is 11.3 Å². The summed E-state index contributed by atoms with van der Waals surface area (Å²) in [5, 5.41) is 21.7. The molecule has 0 bridgehead atoms. The van der Waals surface area contributed by atoms with Crippen LogP contribution < -0.4 is 5.32 Å². The molecule has 0 aliphatic rings. The van der Waals surface area contributed by atoms with Crippen LogP contribution in [0.15, 0.2) is 40.7 Å². The molecular formula is C16H11ClN2O4S2. The largest absolute Gasteiger partial charge is 0.507 e. The number of rotatable bonds is 5. The number of carbonyl (C=O) groups excluding carboxylic acids is 1. The maximum atomic E-state index is 12.0. The fraction of sp³-hybridized carbons (Fsp3) is 0.0625. The van der Waals surface area contributed by atoms with Gasteiger partial charge in [0.25, 0.3) is 0 Å². The summed E-state index contributed by atoms with van der Waals surface area (Å²) in [7, 11) is 0. The summed E-state index contributed by atoms with van der Waals surface area (Å²) in [6, 6.07) is 9.27. The fourth-order valence-corrected chi connectivity index (χ4v) is 4.20. The van der Waals surface area contributed by atoms with E-state index in [0.29, 0.717) is 10.7 Å². The molecule has 3 rings (SSSR count). The van der Waals surface area contributed by atoms with Crippen molar-refractivity contribution in [2.75, 3.05) is 11.1 Å². The van der Waals surface area contributed by atoms with Crippen LogP contribution in [0.4, 0.5) is 5.69 Å². The Morgan fingerprint density at radius 1 is 1.24 bits per heavy atom. The van der Waals surface area contributed by atoms with Gasteiger partial charge >= 0.3 is 5.97 Å². The first-order valence-electron chi connectivity index (χ1n) is 6.97. The lowest BCUT2D eigenvalue weighted by atomic mass is 10.2. The maximum Gasteiger partial charge on any atom is 0.339 e. The molecule has 6 nitrogen and oxygen atoms in total. The number of halogens is 1. The third kappa shape index (κ3) is 4.22. The normalized spacial score (nSPS) is 10.8. The van der Waals surface area contributed by atoms with Crippen molar-refractivity contribution < 1.29 is 19.8 Å². The number of hydrogen-bond donors (Lipinski definition) is 3. The molecule has 2 aromatic carbocycles. The number of anilines is 1. The second kappa shape index (κ2) is 7.30. The van der Waals surface area contributed by atoms with E-state index in [9.17, 15) is 14.7 Å². The third-order valence-electron chi connectivity index (χ3n) is 3.17. The highest BCUT2D eigenvalue weighted by Crippen LogP contribution is 2.31. The van der Waals surface area contributed by atoms with Crippen LogP contribution in [-0.4, -0.2) is 32.8 Å². The van der Waals surface area contributed by atoms with E-state index in [1.165, 1.54) is 41.3 Å². The minimum atomic E-state index is -1.23. The Morgan fingerprint density at radius 3 is 2.76 bits per heavy atom. The zero-order chi connectivity index (χ0) is 18.0. The van der Waals surface area contributed by atoms with Gasteiger partial charge in [-0.2, -0.15) is 0 Å². The predicted molar refractivity (Wildman–Crippen MR) is 99.0 cm³/mol. The molecule has 0 saturated carbocycles. The molecular weight excluding hydrogens is 384 g/mol. The zero-order valence-electron chi connectivity index (χ0n) is 12.5. The van der Waals surface area contributed by atoms with Crippen molar-refractivity contribution in [1.82, 2.24) is 4.98 Å². The van der Waals surface area contributed by atoms with Crippen LogP contribution in [-0.2, 0) is 4.79 Å². The highest BCUT2D eigenvalue weighted by molar-refractivity contribution is 8.01. The Labute approximate surface area is 155 Å². The number of nitrogens with zero attached hydrogens (tertiary/aromatic N) is 1. The summed E-state index contributed by atoms with van der Waals surface area (Å²) in [5.74, 6) is -1.79. The van der Waals surface area contributed by atoms with Gasteiger partial charge in [0.15, 0.2) is 4.34 Å².